The molecule has 2 aromatic rings. The quantitative estimate of drug-likeness (QED) is 0.836. The molecule has 1 aromatic heterocycles. The van der Waals surface area contributed by atoms with E-state index in [1.807, 2.05) is 18.2 Å². The molecule has 4 nitrogen and oxygen atoms in total. The van der Waals surface area contributed by atoms with Crippen LogP contribution in [0.3, 0.4) is 0 Å². The number of aromatic amines is 1. The summed E-state index contributed by atoms with van der Waals surface area (Å²) in [4.78, 5) is 12.8. The first kappa shape index (κ1) is 13.0. The molecule has 0 unspecified atom stereocenters. The van der Waals surface area contributed by atoms with Crippen LogP contribution >= 0.6 is 23.8 Å². The van der Waals surface area contributed by atoms with Crippen molar-refractivity contribution >= 4 is 51.3 Å². The number of hydrogen-bond acceptors (Lipinski definition) is 3. The molecule has 1 heterocycles. The van der Waals surface area contributed by atoms with Crippen molar-refractivity contribution in [3.8, 4) is 0 Å². The van der Waals surface area contributed by atoms with E-state index in [0.29, 0.717) is 27.7 Å². The summed E-state index contributed by atoms with van der Waals surface area (Å²) in [6.07, 6.45) is 6.08. The number of amides is 1. The SMILES string of the molecule is O=C(Nc1n[nH]c2cc(Cl)ccc12)C1=CC=CCC1=S. The summed E-state index contributed by atoms with van der Waals surface area (Å²) in [6.45, 7) is 0. The van der Waals surface area contributed by atoms with Gasteiger partial charge in [-0.05, 0) is 24.3 Å². The molecule has 0 spiro atoms. The van der Waals surface area contributed by atoms with Gasteiger partial charge in [-0.25, -0.2) is 0 Å². The molecular weight excluding hydrogens is 294 g/mol. The minimum atomic E-state index is -0.247. The fourth-order valence-electron chi connectivity index (χ4n) is 2.01. The lowest BCUT2D eigenvalue weighted by molar-refractivity contribution is -0.112. The Morgan fingerprint density at radius 2 is 2.30 bits per heavy atom. The molecule has 0 saturated heterocycles. The molecule has 0 aliphatic heterocycles. The number of anilines is 1. The highest BCUT2D eigenvalue weighted by Gasteiger charge is 2.17. The lowest BCUT2D eigenvalue weighted by Gasteiger charge is -2.09. The topological polar surface area (TPSA) is 57.8 Å². The molecule has 0 bridgehead atoms. The van der Waals surface area contributed by atoms with Crippen LogP contribution in [0.2, 0.25) is 5.02 Å². The van der Waals surface area contributed by atoms with E-state index in [1.54, 1.807) is 18.2 Å². The predicted molar refractivity (Wildman–Crippen MR) is 84.2 cm³/mol. The van der Waals surface area contributed by atoms with Gasteiger partial charge in [0.25, 0.3) is 5.91 Å². The molecule has 20 heavy (non-hydrogen) atoms. The van der Waals surface area contributed by atoms with E-state index in [1.165, 1.54) is 0 Å². The number of halogens is 1. The van der Waals surface area contributed by atoms with E-state index in [0.717, 1.165) is 10.9 Å². The highest BCUT2D eigenvalue weighted by atomic mass is 35.5. The van der Waals surface area contributed by atoms with Crippen molar-refractivity contribution in [1.82, 2.24) is 10.2 Å². The van der Waals surface area contributed by atoms with Crippen molar-refractivity contribution in [2.24, 2.45) is 0 Å². The fourth-order valence-corrected chi connectivity index (χ4v) is 2.44. The van der Waals surface area contributed by atoms with Gasteiger partial charge in [-0.15, -0.1) is 0 Å². The van der Waals surface area contributed by atoms with Gasteiger partial charge in [0.05, 0.1) is 11.1 Å². The largest absolute Gasteiger partial charge is 0.305 e. The van der Waals surface area contributed by atoms with Crippen LogP contribution in [0.15, 0.2) is 42.0 Å². The zero-order valence-corrected chi connectivity index (χ0v) is 11.9. The van der Waals surface area contributed by atoms with Gasteiger partial charge in [0.2, 0.25) is 0 Å². The first-order valence-electron chi connectivity index (χ1n) is 6.00. The second-order valence-corrected chi connectivity index (χ2v) is 5.28. The fraction of sp³-hybridized carbons (Fsp3) is 0.0714. The first-order valence-corrected chi connectivity index (χ1v) is 6.79. The number of nitrogens with one attached hydrogen (secondary N) is 2. The minimum Gasteiger partial charge on any atom is -0.305 e. The second-order valence-electron chi connectivity index (χ2n) is 4.35. The Hall–Kier alpha value is -1.98. The van der Waals surface area contributed by atoms with E-state index in [9.17, 15) is 4.79 Å². The van der Waals surface area contributed by atoms with Crippen LogP contribution < -0.4 is 5.32 Å². The third-order valence-corrected chi connectivity index (χ3v) is 3.63. The van der Waals surface area contributed by atoms with Crippen LogP contribution in [0, 0.1) is 0 Å². The van der Waals surface area contributed by atoms with E-state index in [4.69, 9.17) is 23.8 Å². The number of H-pyrrole nitrogens is 1. The number of benzene rings is 1. The van der Waals surface area contributed by atoms with Crippen molar-refractivity contribution in [3.05, 3.63) is 47.0 Å². The van der Waals surface area contributed by atoms with Crippen LogP contribution in [0.1, 0.15) is 6.42 Å². The van der Waals surface area contributed by atoms with Gasteiger partial charge in [0.15, 0.2) is 5.82 Å². The van der Waals surface area contributed by atoms with Crippen molar-refractivity contribution in [3.63, 3.8) is 0 Å². The van der Waals surface area contributed by atoms with Gasteiger partial charge in [0.1, 0.15) is 0 Å². The molecule has 1 aliphatic rings. The van der Waals surface area contributed by atoms with Crippen molar-refractivity contribution < 1.29 is 4.79 Å². The molecular formula is C14H10ClN3OS. The lowest BCUT2D eigenvalue weighted by atomic mass is 10.0. The Labute approximate surface area is 125 Å². The van der Waals surface area contributed by atoms with Crippen molar-refractivity contribution in [1.29, 1.82) is 0 Å². The van der Waals surface area contributed by atoms with E-state index >= 15 is 0 Å². The Bertz CT molecular complexity index is 776. The molecule has 100 valence electrons. The average molecular weight is 304 g/mol. The summed E-state index contributed by atoms with van der Waals surface area (Å²) in [5, 5.41) is 11.1. The number of rotatable bonds is 2. The van der Waals surface area contributed by atoms with Crippen LogP contribution in [-0.2, 0) is 4.79 Å². The highest BCUT2D eigenvalue weighted by Crippen LogP contribution is 2.24. The van der Waals surface area contributed by atoms with Gasteiger partial charge in [0, 0.05) is 21.7 Å². The third kappa shape index (κ3) is 2.37. The maximum atomic E-state index is 12.2. The molecule has 0 saturated carbocycles. The Balaban J connectivity index is 1.90. The molecule has 1 aliphatic carbocycles. The predicted octanol–water partition coefficient (Wildman–Crippen LogP) is 3.41. The molecule has 0 fully saturated rings. The third-order valence-electron chi connectivity index (χ3n) is 3.00. The maximum absolute atomic E-state index is 12.2. The monoisotopic (exact) mass is 303 g/mol. The number of allylic oxidation sites excluding steroid dienone is 3. The van der Waals surface area contributed by atoms with Crippen LogP contribution in [-0.4, -0.2) is 21.0 Å². The summed E-state index contributed by atoms with van der Waals surface area (Å²) in [5.74, 6) is 0.225. The summed E-state index contributed by atoms with van der Waals surface area (Å²) >= 11 is 11.1. The highest BCUT2D eigenvalue weighted by molar-refractivity contribution is 7.81. The Morgan fingerprint density at radius 1 is 1.45 bits per heavy atom. The molecule has 1 amide bonds. The van der Waals surface area contributed by atoms with E-state index in [2.05, 4.69) is 15.5 Å². The number of carbonyl (C=O) groups excluding carboxylic acids is 1. The Kier molecular flexibility index (Phi) is 3.38. The minimum absolute atomic E-state index is 0.247. The summed E-state index contributed by atoms with van der Waals surface area (Å²) in [7, 11) is 0. The van der Waals surface area contributed by atoms with Gasteiger partial charge < -0.3 is 5.32 Å². The van der Waals surface area contributed by atoms with Gasteiger partial charge in [-0.3, -0.25) is 9.89 Å². The standard InChI is InChI=1S/C14H10ClN3OS/c15-8-5-6-9-11(7-8)17-18-13(9)16-14(19)10-3-1-2-4-12(10)20/h1-3,5-7H,4H2,(H2,16,17,18,19). The molecule has 0 radical (unpaired) electrons. The first-order chi connectivity index (χ1) is 9.65. The van der Waals surface area contributed by atoms with Crippen molar-refractivity contribution in [2.75, 3.05) is 5.32 Å². The van der Waals surface area contributed by atoms with Gasteiger partial charge in [-0.1, -0.05) is 36.0 Å². The number of thiocarbonyl (C=S) groups is 1. The van der Waals surface area contributed by atoms with Crippen LogP contribution in [0.25, 0.3) is 10.9 Å². The smallest absolute Gasteiger partial charge is 0.258 e. The normalized spacial score (nSPS) is 14.4. The van der Waals surface area contributed by atoms with E-state index < -0.39 is 0 Å². The molecule has 6 heteroatoms. The molecule has 2 N–H and O–H groups in total. The maximum Gasteiger partial charge on any atom is 0.258 e. The van der Waals surface area contributed by atoms with Crippen molar-refractivity contribution in [2.45, 2.75) is 6.42 Å². The summed E-state index contributed by atoms with van der Waals surface area (Å²) in [6, 6.07) is 5.32. The molecule has 1 aromatic carbocycles. The average Bonchev–Trinajstić information content (AvgIpc) is 2.81. The molecule has 3 rings (SSSR count). The second kappa shape index (κ2) is 5.19. The number of aromatic nitrogens is 2. The number of fused-ring (bicyclic) bond motifs is 1. The Morgan fingerprint density at radius 3 is 3.10 bits per heavy atom. The van der Waals surface area contributed by atoms with Gasteiger partial charge in [-0.2, -0.15) is 5.10 Å². The molecule has 0 atom stereocenters. The van der Waals surface area contributed by atoms with Crippen LogP contribution in [0.4, 0.5) is 5.82 Å². The number of nitrogens with zero attached hydrogens (tertiary/aromatic N) is 1. The lowest BCUT2D eigenvalue weighted by Crippen LogP contribution is -2.20. The number of hydrogen-bond donors (Lipinski definition) is 2. The summed E-state index contributed by atoms with van der Waals surface area (Å²) < 4.78 is 0. The zero-order chi connectivity index (χ0) is 14.1. The van der Waals surface area contributed by atoms with E-state index in [-0.39, 0.29) is 5.91 Å². The number of carbonyl (C=O) groups is 1. The van der Waals surface area contributed by atoms with Gasteiger partial charge >= 0.3 is 0 Å². The zero-order valence-electron chi connectivity index (χ0n) is 10.3. The summed E-state index contributed by atoms with van der Waals surface area (Å²) in [5.41, 5.74) is 1.28. The van der Waals surface area contributed by atoms with Crippen LogP contribution in [0.5, 0.6) is 0 Å².